The first-order valence-electron chi connectivity index (χ1n) is 7.12. The van der Waals surface area contributed by atoms with Gasteiger partial charge in [0.1, 0.15) is 11.5 Å². The van der Waals surface area contributed by atoms with Crippen molar-refractivity contribution < 1.29 is 9.47 Å². The smallest absolute Gasteiger partial charge is 0.127 e. The van der Waals surface area contributed by atoms with Gasteiger partial charge in [0, 0.05) is 12.6 Å². The van der Waals surface area contributed by atoms with Gasteiger partial charge in [-0.15, -0.1) is 0 Å². The molecule has 1 atom stereocenters. The van der Waals surface area contributed by atoms with E-state index < -0.39 is 0 Å². The van der Waals surface area contributed by atoms with Crippen LogP contribution in [0.25, 0.3) is 0 Å². The van der Waals surface area contributed by atoms with Gasteiger partial charge in [-0.05, 0) is 37.4 Å². The van der Waals surface area contributed by atoms with Crippen LogP contribution in [0.15, 0.2) is 18.2 Å². The zero-order valence-corrected chi connectivity index (χ0v) is 12.5. The molecule has 0 N–H and O–H groups in total. The molecular weight excluding hydrogens is 238 g/mol. The number of methoxy groups -OCH3 is 2. The highest BCUT2D eigenvalue weighted by Crippen LogP contribution is 2.42. The summed E-state index contributed by atoms with van der Waals surface area (Å²) in [4.78, 5) is 2.56. The van der Waals surface area contributed by atoms with Crippen molar-refractivity contribution in [3.63, 3.8) is 0 Å². The highest BCUT2D eigenvalue weighted by Gasteiger charge is 2.30. The summed E-state index contributed by atoms with van der Waals surface area (Å²) in [5.74, 6) is 2.57. The quantitative estimate of drug-likeness (QED) is 0.811. The maximum Gasteiger partial charge on any atom is 0.127 e. The largest absolute Gasteiger partial charge is 0.496 e. The summed E-state index contributed by atoms with van der Waals surface area (Å²) in [6.07, 6.45) is 2.43. The molecule has 0 saturated carbocycles. The normalized spacial score (nSPS) is 19.9. The Bertz CT molecular complexity index is 395. The van der Waals surface area contributed by atoms with Crippen LogP contribution in [0.1, 0.15) is 38.3 Å². The van der Waals surface area contributed by atoms with E-state index in [2.05, 4.69) is 18.7 Å². The molecule has 1 aromatic rings. The number of benzene rings is 1. The van der Waals surface area contributed by atoms with E-state index in [4.69, 9.17) is 9.47 Å². The molecule has 0 radical (unpaired) electrons. The van der Waals surface area contributed by atoms with Crippen LogP contribution in [0.3, 0.4) is 0 Å². The lowest BCUT2D eigenvalue weighted by molar-refractivity contribution is 0.220. The minimum absolute atomic E-state index is 0.425. The molecule has 1 fully saturated rings. The van der Waals surface area contributed by atoms with Gasteiger partial charge >= 0.3 is 0 Å². The van der Waals surface area contributed by atoms with Gasteiger partial charge < -0.3 is 9.47 Å². The van der Waals surface area contributed by atoms with Crippen molar-refractivity contribution in [3.8, 4) is 11.5 Å². The van der Waals surface area contributed by atoms with Crippen molar-refractivity contribution in [2.24, 2.45) is 5.92 Å². The van der Waals surface area contributed by atoms with E-state index in [-0.39, 0.29) is 0 Å². The maximum atomic E-state index is 5.55. The number of nitrogens with zero attached hydrogens (tertiary/aromatic N) is 1. The minimum Gasteiger partial charge on any atom is -0.496 e. The summed E-state index contributed by atoms with van der Waals surface area (Å²) >= 11 is 0. The predicted molar refractivity (Wildman–Crippen MR) is 77.9 cm³/mol. The molecule has 0 spiro atoms. The van der Waals surface area contributed by atoms with Crippen LogP contribution in [0, 0.1) is 5.92 Å². The first-order valence-corrected chi connectivity index (χ1v) is 7.12. The van der Waals surface area contributed by atoms with E-state index in [0.29, 0.717) is 12.0 Å². The molecule has 1 saturated heterocycles. The Morgan fingerprint density at radius 1 is 1.21 bits per heavy atom. The molecule has 106 valence electrons. The van der Waals surface area contributed by atoms with Gasteiger partial charge in [-0.1, -0.05) is 19.9 Å². The Kier molecular flexibility index (Phi) is 4.70. The minimum atomic E-state index is 0.425. The van der Waals surface area contributed by atoms with Gasteiger partial charge in [0.05, 0.1) is 19.8 Å². The van der Waals surface area contributed by atoms with Crippen molar-refractivity contribution in [3.05, 3.63) is 23.8 Å². The second-order valence-corrected chi connectivity index (χ2v) is 5.62. The van der Waals surface area contributed by atoms with Crippen LogP contribution in [0.5, 0.6) is 11.5 Å². The zero-order valence-electron chi connectivity index (χ0n) is 12.5. The van der Waals surface area contributed by atoms with Gasteiger partial charge in [0.2, 0.25) is 0 Å². The van der Waals surface area contributed by atoms with E-state index in [1.807, 2.05) is 18.2 Å². The number of ether oxygens (including phenoxy) is 2. The van der Waals surface area contributed by atoms with Gasteiger partial charge in [-0.2, -0.15) is 0 Å². The van der Waals surface area contributed by atoms with E-state index in [0.717, 1.165) is 18.0 Å². The summed E-state index contributed by atoms with van der Waals surface area (Å²) < 4.78 is 11.1. The number of hydrogen-bond donors (Lipinski definition) is 0. The third-order valence-corrected chi connectivity index (χ3v) is 3.76. The second kappa shape index (κ2) is 6.29. The summed E-state index contributed by atoms with van der Waals surface area (Å²) in [6, 6.07) is 6.48. The van der Waals surface area contributed by atoms with Crippen LogP contribution >= 0.6 is 0 Å². The lowest BCUT2D eigenvalue weighted by atomic mass is 10.0. The average molecular weight is 263 g/mol. The molecule has 0 amide bonds. The van der Waals surface area contributed by atoms with E-state index in [1.165, 1.54) is 24.9 Å². The molecule has 0 unspecified atom stereocenters. The van der Waals surface area contributed by atoms with Gasteiger partial charge in [-0.3, -0.25) is 4.90 Å². The van der Waals surface area contributed by atoms with Gasteiger partial charge in [-0.25, -0.2) is 0 Å². The molecule has 0 aromatic heterocycles. The summed E-state index contributed by atoms with van der Waals surface area (Å²) in [5, 5.41) is 0. The SMILES string of the molecule is COc1cccc(OC)c1[C@H]1CCCN1CC(C)C. The Morgan fingerprint density at radius 3 is 2.37 bits per heavy atom. The molecule has 0 bridgehead atoms. The van der Waals surface area contributed by atoms with E-state index in [9.17, 15) is 0 Å². The molecule has 1 aliphatic heterocycles. The standard InChI is InChI=1S/C16H25NO2/c1-12(2)11-17-10-6-7-13(17)16-14(18-3)8-5-9-15(16)19-4/h5,8-9,12-13H,6-7,10-11H2,1-4H3/t13-/m1/s1. The number of hydrogen-bond acceptors (Lipinski definition) is 3. The Morgan fingerprint density at radius 2 is 1.84 bits per heavy atom. The molecule has 1 heterocycles. The fourth-order valence-electron chi connectivity index (χ4n) is 3.05. The first-order chi connectivity index (χ1) is 9.17. The van der Waals surface area contributed by atoms with Crippen molar-refractivity contribution in [1.29, 1.82) is 0 Å². The molecule has 3 heteroatoms. The van der Waals surface area contributed by atoms with Crippen LogP contribution in [0.2, 0.25) is 0 Å². The summed E-state index contributed by atoms with van der Waals surface area (Å²) in [6.45, 7) is 6.85. The van der Waals surface area contributed by atoms with E-state index in [1.54, 1.807) is 14.2 Å². The maximum absolute atomic E-state index is 5.55. The zero-order chi connectivity index (χ0) is 13.8. The Hall–Kier alpha value is -1.22. The number of likely N-dealkylation sites (tertiary alicyclic amines) is 1. The molecule has 3 nitrogen and oxygen atoms in total. The summed E-state index contributed by atoms with van der Waals surface area (Å²) in [7, 11) is 3.47. The van der Waals surface area contributed by atoms with Crippen molar-refractivity contribution in [2.75, 3.05) is 27.3 Å². The molecule has 1 aliphatic rings. The van der Waals surface area contributed by atoms with Crippen molar-refractivity contribution in [1.82, 2.24) is 4.90 Å². The molecule has 0 aliphatic carbocycles. The fraction of sp³-hybridized carbons (Fsp3) is 0.625. The molecule has 2 rings (SSSR count). The average Bonchev–Trinajstić information content (AvgIpc) is 2.84. The lowest BCUT2D eigenvalue weighted by Gasteiger charge is -2.28. The van der Waals surface area contributed by atoms with Crippen LogP contribution in [0.4, 0.5) is 0 Å². The highest BCUT2D eigenvalue weighted by molar-refractivity contribution is 5.47. The monoisotopic (exact) mass is 263 g/mol. The third kappa shape index (κ3) is 3.03. The van der Waals surface area contributed by atoms with Crippen LogP contribution in [-0.4, -0.2) is 32.2 Å². The Labute approximate surface area is 116 Å². The number of rotatable bonds is 5. The predicted octanol–water partition coefficient (Wildman–Crippen LogP) is 3.50. The topological polar surface area (TPSA) is 21.7 Å². The van der Waals surface area contributed by atoms with Gasteiger partial charge in [0.25, 0.3) is 0 Å². The molecule has 19 heavy (non-hydrogen) atoms. The lowest BCUT2D eigenvalue weighted by Crippen LogP contribution is -2.27. The van der Waals surface area contributed by atoms with Crippen LogP contribution in [-0.2, 0) is 0 Å². The second-order valence-electron chi connectivity index (χ2n) is 5.62. The van der Waals surface area contributed by atoms with Crippen LogP contribution < -0.4 is 9.47 Å². The van der Waals surface area contributed by atoms with Crippen molar-refractivity contribution >= 4 is 0 Å². The van der Waals surface area contributed by atoms with Crippen molar-refractivity contribution in [2.45, 2.75) is 32.7 Å². The van der Waals surface area contributed by atoms with Gasteiger partial charge in [0.15, 0.2) is 0 Å². The first kappa shape index (κ1) is 14.2. The molecular formula is C16H25NO2. The van der Waals surface area contributed by atoms with E-state index >= 15 is 0 Å². The summed E-state index contributed by atoms with van der Waals surface area (Å²) in [5.41, 5.74) is 1.21. The highest BCUT2D eigenvalue weighted by atomic mass is 16.5. The Balaban J connectivity index is 2.33. The molecule has 1 aromatic carbocycles. The third-order valence-electron chi connectivity index (χ3n) is 3.76. The fourth-order valence-corrected chi connectivity index (χ4v) is 3.05.